The third-order valence-electron chi connectivity index (χ3n) is 10.3. The molecule has 1 saturated heterocycles. The molecule has 1 unspecified atom stereocenters. The van der Waals surface area contributed by atoms with E-state index in [1.807, 2.05) is 32.9 Å². The molecule has 1 heterocycles. The van der Waals surface area contributed by atoms with Gasteiger partial charge in [-0.1, -0.05) is 24.6 Å². The zero-order valence-electron chi connectivity index (χ0n) is 24.0. The molecule has 4 fully saturated rings. The lowest BCUT2D eigenvalue weighted by Crippen LogP contribution is -2.53. The topological polar surface area (TPSA) is 85.3 Å². The highest BCUT2D eigenvalue weighted by Gasteiger charge is 2.60. The average Bonchev–Trinajstić information content (AvgIpc) is 3.44. The summed E-state index contributed by atoms with van der Waals surface area (Å²) in [5.41, 5.74) is 2.59. The van der Waals surface area contributed by atoms with Crippen molar-refractivity contribution in [3.63, 3.8) is 0 Å². The van der Waals surface area contributed by atoms with Crippen molar-refractivity contribution in [2.75, 3.05) is 25.2 Å². The van der Waals surface area contributed by atoms with Crippen molar-refractivity contribution in [2.24, 2.45) is 17.3 Å². The number of ether oxygens (including phenoxy) is 3. The summed E-state index contributed by atoms with van der Waals surface area (Å²) in [6.07, 6.45) is 5.55. The molecule has 1 amide bonds. The van der Waals surface area contributed by atoms with Crippen LogP contribution in [0.4, 0.5) is 10.5 Å². The third kappa shape index (κ3) is 4.45. The molecular weight excluding hydrogens is 494 g/mol. The molecule has 39 heavy (non-hydrogen) atoms. The molecule has 0 aromatic heterocycles. The van der Waals surface area contributed by atoms with Crippen LogP contribution in [0.3, 0.4) is 0 Å². The van der Waals surface area contributed by atoms with Crippen LogP contribution in [0.2, 0.25) is 0 Å². The van der Waals surface area contributed by atoms with Gasteiger partial charge in [0.15, 0.2) is 5.79 Å². The SMILES string of the molecule is CN(C(=O)OC(C)(C)C)c1ccc([C@H]2C[C@@]3(C)C(=O)CC[C@H]3C3CC[C@@]4(O)CC5(CCC4=C32)OCCO5)cc1. The highest BCUT2D eigenvalue weighted by molar-refractivity contribution is 5.88. The number of hydrogen-bond donors (Lipinski definition) is 1. The van der Waals surface area contributed by atoms with Crippen molar-refractivity contribution in [3.05, 3.63) is 41.0 Å². The number of hydrogen-bond acceptors (Lipinski definition) is 6. The normalized spacial score (nSPS) is 35.4. The minimum absolute atomic E-state index is 0.0560. The van der Waals surface area contributed by atoms with Crippen LogP contribution >= 0.6 is 0 Å². The summed E-state index contributed by atoms with van der Waals surface area (Å²) < 4.78 is 17.6. The van der Waals surface area contributed by atoms with Gasteiger partial charge in [0.25, 0.3) is 0 Å². The van der Waals surface area contributed by atoms with Crippen molar-refractivity contribution in [3.8, 4) is 0 Å². The summed E-state index contributed by atoms with van der Waals surface area (Å²) in [5, 5.41) is 12.1. The number of anilines is 1. The first-order chi connectivity index (χ1) is 18.3. The first-order valence-corrected chi connectivity index (χ1v) is 14.7. The number of benzene rings is 1. The first kappa shape index (κ1) is 27.0. The van der Waals surface area contributed by atoms with Crippen LogP contribution in [0.25, 0.3) is 0 Å². The Bertz CT molecular complexity index is 1190. The molecule has 1 N–H and O–H groups in total. The van der Waals surface area contributed by atoms with Gasteiger partial charge in [-0.05, 0) is 88.0 Å². The molecule has 7 nitrogen and oxygen atoms in total. The van der Waals surface area contributed by atoms with Crippen molar-refractivity contribution in [1.29, 1.82) is 0 Å². The molecule has 3 saturated carbocycles. The predicted molar refractivity (Wildman–Crippen MR) is 147 cm³/mol. The van der Waals surface area contributed by atoms with Crippen LogP contribution in [-0.2, 0) is 19.0 Å². The number of aliphatic hydroxyl groups is 1. The summed E-state index contributed by atoms with van der Waals surface area (Å²) in [4.78, 5) is 27.4. The summed E-state index contributed by atoms with van der Waals surface area (Å²) in [6, 6.07) is 8.12. The van der Waals surface area contributed by atoms with E-state index in [0.29, 0.717) is 50.1 Å². The van der Waals surface area contributed by atoms with Gasteiger partial charge in [0.2, 0.25) is 0 Å². The molecule has 5 aliphatic rings. The van der Waals surface area contributed by atoms with E-state index in [-0.39, 0.29) is 11.3 Å². The van der Waals surface area contributed by atoms with Gasteiger partial charge >= 0.3 is 6.09 Å². The van der Waals surface area contributed by atoms with E-state index < -0.39 is 23.1 Å². The van der Waals surface area contributed by atoms with E-state index in [0.717, 1.165) is 43.4 Å². The number of Topliss-reactive ketones (excluding diaryl/α,β-unsaturated/α-hetero) is 1. The number of carbonyl (C=O) groups is 2. The lowest BCUT2D eigenvalue weighted by molar-refractivity contribution is -0.208. The number of fused-ring (bicyclic) bond motifs is 4. The second-order valence-corrected chi connectivity index (χ2v) is 13.8. The molecule has 0 radical (unpaired) electrons. The Morgan fingerprint density at radius 2 is 1.77 bits per heavy atom. The van der Waals surface area contributed by atoms with Gasteiger partial charge in [0.1, 0.15) is 11.4 Å². The zero-order chi connectivity index (χ0) is 27.8. The molecule has 7 heteroatoms. The van der Waals surface area contributed by atoms with Gasteiger partial charge in [-0.25, -0.2) is 4.79 Å². The number of amides is 1. The van der Waals surface area contributed by atoms with Crippen molar-refractivity contribution in [2.45, 2.75) is 102 Å². The second-order valence-electron chi connectivity index (χ2n) is 13.8. The molecule has 1 spiro atoms. The maximum absolute atomic E-state index is 13.3. The zero-order valence-corrected chi connectivity index (χ0v) is 24.0. The fourth-order valence-electron chi connectivity index (χ4n) is 8.45. The van der Waals surface area contributed by atoms with Gasteiger partial charge in [0, 0.05) is 43.3 Å². The Morgan fingerprint density at radius 3 is 2.44 bits per heavy atom. The van der Waals surface area contributed by atoms with E-state index in [4.69, 9.17) is 14.2 Å². The maximum Gasteiger partial charge on any atom is 0.414 e. The number of nitrogens with zero attached hydrogens (tertiary/aromatic N) is 1. The Labute approximate surface area is 231 Å². The lowest BCUT2D eigenvalue weighted by atomic mass is 9.51. The molecular formula is C32H43NO6. The monoisotopic (exact) mass is 537 g/mol. The molecule has 0 bridgehead atoms. The van der Waals surface area contributed by atoms with Crippen LogP contribution in [0.5, 0.6) is 0 Å². The Balaban J connectivity index is 1.37. The minimum Gasteiger partial charge on any atom is -0.443 e. The average molecular weight is 538 g/mol. The number of carbonyl (C=O) groups excluding carboxylic acids is 2. The number of rotatable bonds is 2. The Morgan fingerprint density at radius 1 is 1.08 bits per heavy atom. The maximum atomic E-state index is 13.3. The van der Waals surface area contributed by atoms with Crippen molar-refractivity contribution in [1.82, 2.24) is 0 Å². The minimum atomic E-state index is -0.931. The van der Waals surface area contributed by atoms with E-state index in [1.165, 1.54) is 16.0 Å². The fraction of sp³-hybridized carbons (Fsp3) is 0.688. The third-order valence-corrected chi connectivity index (χ3v) is 10.3. The smallest absolute Gasteiger partial charge is 0.414 e. The molecule has 4 aliphatic carbocycles. The molecule has 1 aromatic carbocycles. The Hall–Kier alpha value is -2.22. The second kappa shape index (κ2) is 9.15. The molecule has 1 aromatic rings. The molecule has 212 valence electrons. The van der Waals surface area contributed by atoms with Gasteiger partial charge in [0.05, 0.1) is 18.8 Å². The van der Waals surface area contributed by atoms with E-state index >= 15 is 0 Å². The van der Waals surface area contributed by atoms with E-state index in [9.17, 15) is 14.7 Å². The molecule has 5 atom stereocenters. The van der Waals surface area contributed by atoms with Gasteiger partial charge in [-0.15, -0.1) is 0 Å². The van der Waals surface area contributed by atoms with Crippen LogP contribution < -0.4 is 4.90 Å². The first-order valence-electron chi connectivity index (χ1n) is 14.7. The Kier molecular flexibility index (Phi) is 6.33. The summed E-state index contributed by atoms with van der Waals surface area (Å²) >= 11 is 0. The van der Waals surface area contributed by atoms with Gasteiger partial charge in [-0.3, -0.25) is 9.69 Å². The molecule has 6 rings (SSSR count). The van der Waals surface area contributed by atoms with E-state index in [2.05, 4.69) is 19.1 Å². The van der Waals surface area contributed by atoms with Gasteiger partial charge in [-0.2, -0.15) is 0 Å². The predicted octanol–water partition coefficient (Wildman–Crippen LogP) is 5.90. The highest BCUT2D eigenvalue weighted by atomic mass is 16.7. The lowest BCUT2D eigenvalue weighted by Gasteiger charge is -2.55. The summed E-state index contributed by atoms with van der Waals surface area (Å²) in [7, 11) is 1.72. The van der Waals surface area contributed by atoms with Gasteiger partial charge < -0.3 is 19.3 Å². The van der Waals surface area contributed by atoms with Crippen LogP contribution in [0.1, 0.15) is 90.5 Å². The van der Waals surface area contributed by atoms with E-state index in [1.54, 1.807) is 7.05 Å². The number of allylic oxidation sites excluding steroid dienone is 1. The quantitative estimate of drug-likeness (QED) is 0.473. The number of ketones is 1. The molecule has 1 aliphatic heterocycles. The van der Waals surface area contributed by atoms with Crippen molar-refractivity contribution >= 4 is 17.6 Å². The highest BCUT2D eigenvalue weighted by Crippen LogP contribution is 2.64. The summed E-state index contributed by atoms with van der Waals surface area (Å²) in [5.74, 6) is 0.418. The standard InChI is InChI=1S/C32H43NO6/c1-29(2,3)39-28(35)33(5)21-8-6-20(7-9-21)23-18-30(4)24(10-11-26(30)34)22-12-14-31(36)19-32(37-16-17-38-32)15-13-25(31)27(22)23/h6-9,22-24,36H,10-19H2,1-5H3/t22?,23-,24+,30-,31-/m1/s1. The van der Waals surface area contributed by atoms with Crippen molar-refractivity contribution < 1.29 is 28.9 Å². The fourth-order valence-corrected chi connectivity index (χ4v) is 8.45. The largest absolute Gasteiger partial charge is 0.443 e. The van der Waals surface area contributed by atoms with Crippen LogP contribution in [0, 0.1) is 17.3 Å². The summed E-state index contributed by atoms with van der Waals surface area (Å²) in [6.45, 7) is 8.93. The van der Waals surface area contributed by atoms with Crippen LogP contribution in [0.15, 0.2) is 35.4 Å². The van der Waals surface area contributed by atoms with Crippen LogP contribution in [-0.4, -0.2) is 54.2 Å².